The smallest absolute Gasteiger partial charge is 0.318 e. The lowest BCUT2D eigenvalue weighted by Gasteiger charge is -2.18. The van der Waals surface area contributed by atoms with Crippen LogP contribution in [0.4, 0.5) is 4.79 Å². The molecule has 0 spiro atoms. The molecule has 1 rings (SSSR count). The van der Waals surface area contributed by atoms with E-state index < -0.39 is 6.03 Å². The summed E-state index contributed by atoms with van der Waals surface area (Å²) in [6.07, 6.45) is 1.42. The molecular formula is C9H18N4O2. The molecule has 3 amide bonds. The summed E-state index contributed by atoms with van der Waals surface area (Å²) >= 11 is 0. The molecule has 0 radical (unpaired) electrons. The van der Waals surface area contributed by atoms with Crippen LogP contribution < -0.4 is 16.4 Å². The third-order valence-corrected chi connectivity index (χ3v) is 2.35. The molecule has 0 aliphatic carbocycles. The molecule has 1 aliphatic heterocycles. The number of carbonyl (C=O) groups excluding carboxylic acids is 2. The summed E-state index contributed by atoms with van der Waals surface area (Å²) in [5, 5.41) is 5.34. The summed E-state index contributed by atoms with van der Waals surface area (Å²) in [4.78, 5) is 23.7. The van der Waals surface area contributed by atoms with Gasteiger partial charge in [0.25, 0.3) is 0 Å². The van der Waals surface area contributed by atoms with Crippen LogP contribution in [-0.4, -0.2) is 49.6 Å². The second kappa shape index (κ2) is 6.36. The van der Waals surface area contributed by atoms with Gasteiger partial charge in [-0.3, -0.25) is 10.1 Å². The van der Waals surface area contributed by atoms with Crippen molar-refractivity contribution in [3.63, 3.8) is 0 Å². The lowest BCUT2D eigenvalue weighted by Crippen LogP contribution is -2.38. The maximum absolute atomic E-state index is 11.1. The number of rotatable bonds is 3. The Hall–Kier alpha value is -1.14. The van der Waals surface area contributed by atoms with Crippen molar-refractivity contribution in [2.24, 2.45) is 5.73 Å². The zero-order valence-electron chi connectivity index (χ0n) is 8.79. The summed E-state index contributed by atoms with van der Waals surface area (Å²) in [7, 11) is 0. The van der Waals surface area contributed by atoms with Gasteiger partial charge in [-0.2, -0.15) is 0 Å². The van der Waals surface area contributed by atoms with E-state index in [0.717, 1.165) is 32.6 Å². The van der Waals surface area contributed by atoms with Crippen molar-refractivity contribution < 1.29 is 9.59 Å². The zero-order chi connectivity index (χ0) is 11.1. The van der Waals surface area contributed by atoms with E-state index in [1.807, 2.05) is 0 Å². The maximum Gasteiger partial charge on any atom is 0.318 e. The molecule has 6 nitrogen and oxygen atoms in total. The number of amides is 3. The van der Waals surface area contributed by atoms with Crippen molar-refractivity contribution in [1.82, 2.24) is 15.5 Å². The molecule has 0 aromatic carbocycles. The lowest BCUT2D eigenvalue weighted by molar-refractivity contribution is -0.120. The topological polar surface area (TPSA) is 87.5 Å². The van der Waals surface area contributed by atoms with E-state index in [4.69, 9.17) is 5.73 Å². The van der Waals surface area contributed by atoms with Crippen LogP contribution in [0.5, 0.6) is 0 Å². The number of hydrogen-bond donors (Lipinski definition) is 3. The van der Waals surface area contributed by atoms with Crippen LogP contribution >= 0.6 is 0 Å². The Morgan fingerprint density at radius 1 is 1.33 bits per heavy atom. The molecular weight excluding hydrogens is 196 g/mol. The fraction of sp³-hybridized carbons (Fsp3) is 0.778. The predicted molar refractivity (Wildman–Crippen MR) is 56.3 cm³/mol. The van der Waals surface area contributed by atoms with Gasteiger partial charge in [0.2, 0.25) is 5.91 Å². The number of nitrogens with one attached hydrogen (secondary N) is 2. The SMILES string of the molecule is NC(=O)NC(=O)CCN1CCCNCC1. The Kier molecular flexibility index (Phi) is 5.06. The standard InChI is InChI=1S/C9H18N4O2/c10-9(15)12-8(14)2-6-13-5-1-3-11-4-7-13/h11H,1-7H2,(H3,10,12,14,15). The highest BCUT2D eigenvalue weighted by atomic mass is 16.2. The van der Waals surface area contributed by atoms with Gasteiger partial charge in [0.1, 0.15) is 0 Å². The van der Waals surface area contributed by atoms with E-state index in [0.29, 0.717) is 13.0 Å². The first-order valence-electron chi connectivity index (χ1n) is 5.21. The number of carbonyl (C=O) groups is 2. The highest BCUT2D eigenvalue weighted by Gasteiger charge is 2.10. The number of hydrogen-bond acceptors (Lipinski definition) is 4. The van der Waals surface area contributed by atoms with Crippen molar-refractivity contribution in [2.75, 3.05) is 32.7 Å². The Bertz CT molecular complexity index is 224. The normalized spacial score (nSPS) is 18.1. The molecule has 15 heavy (non-hydrogen) atoms. The first-order chi connectivity index (χ1) is 7.18. The molecule has 0 unspecified atom stereocenters. The van der Waals surface area contributed by atoms with Crippen LogP contribution in [0.2, 0.25) is 0 Å². The number of urea groups is 1. The Morgan fingerprint density at radius 2 is 2.13 bits per heavy atom. The van der Waals surface area contributed by atoms with Crippen LogP contribution in [-0.2, 0) is 4.79 Å². The minimum atomic E-state index is -0.780. The molecule has 1 heterocycles. The number of primary amides is 1. The minimum Gasteiger partial charge on any atom is -0.351 e. The van der Waals surface area contributed by atoms with Crippen molar-refractivity contribution in [3.05, 3.63) is 0 Å². The molecule has 1 fully saturated rings. The molecule has 1 aliphatic rings. The molecule has 0 bridgehead atoms. The Balaban J connectivity index is 2.17. The van der Waals surface area contributed by atoms with E-state index >= 15 is 0 Å². The molecule has 6 heteroatoms. The van der Waals surface area contributed by atoms with Crippen LogP contribution in [0.25, 0.3) is 0 Å². The van der Waals surface area contributed by atoms with Gasteiger partial charge >= 0.3 is 6.03 Å². The summed E-state index contributed by atoms with van der Waals surface area (Å²) in [5.74, 6) is -0.306. The van der Waals surface area contributed by atoms with Crippen molar-refractivity contribution >= 4 is 11.9 Å². The average molecular weight is 214 g/mol. The quantitative estimate of drug-likeness (QED) is 0.554. The van der Waals surface area contributed by atoms with Gasteiger partial charge in [0.05, 0.1) is 0 Å². The van der Waals surface area contributed by atoms with Gasteiger partial charge in [0.15, 0.2) is 0 Å². The first kappa shape index (κ1) is 11.9. The monoisotopic (exact) mass is 214 g/mol. The molecule has 0 aromatic rings. The Morgan fingerprint density at radius 3 is 2.87 bits per heavy atom. The summed E-state index contributed by atoms with van der Waals surface area (Å²) < 4.78 is 0. The fourth-order valence-electron chi connectivity index (χ4n) is 1.58. The van der Waals surface area contributed by atoms with Gasteiger partial charge in [-0.1, -0.05) is 0 Å². The van der Waals surface area contributed by atoms with E-state index in [-0.39, 0.29) is 5.91 Å². The van der Waals surface area contributed by atoms with E-state index in [1.54, 1.807) is 0 Å². The second-order valence-electron chi connectivity index (χ2n) is 3.61. The number of imide groups is 1. The highest BCUT2D eigenvalue weighted by molar-refractivity contribution is 5.93. The summed E-state index contributed by atoms with van der Waals surface area (Å²) in [6, 6.07) is -0.780. The average Bonchev–Trinajstić information content (AvgIpc) is 2.41. The van der Waals surface area contributed by atoms with Crippen molar-refractivity contribution in [2.45, 2.75) is 12.8 Å². The molecule has 86 valence electrons. The van der Waals surface area contributed by atoms with Gasteiger partial charge in [-0.25, -0.2) is 4.79 Å². The van der Waals surface area contributed by atoms with E-state index in [2.05, 4.69) is 15.5 Å². The van der Waals surface area contributed by atoms with Gasteiger partial charge in [0, 0.05) is 26.1 Å². The maximum atomic E-state index is 11.1. The van der Waals surface area contributed by atoms with Gasteiger partial charge in [-0.15, -0.1) is 0 Å². The molecule has 0 saturated carbocycles. The van der Waals surface area contributed by atoms with Gasteiger partial charge < -0.3 is 16.0 Å². The van der Waals surface area contributed by atoms with Crippen LogP contribution in [0.1, 0.15) is 12.8 Å². The number of nitrogens with two attached hydrogens (primary N) is 1. The van der Waals surface area contributed by atoms with E-state index in [1.165, 1.54) is 0 Å². The lowest BCUT2D eigenvalue weighted by atomic mass is 10.3. The second-order valence-corrected chi connectivity index (χ2v) is 3.61. The largest absolute Gasteiger partial charge is 0.351 e. The fourth-order valence-corrected chi connectivity index (χ4v) is 1.58. The Labute approximate surface area is 89.2 Å². The summed E-state index contributed by atoms with van der Waals surface area (Å²) in [6.45, 7) is 4.61. The third kappa shape index (κ3) is 5.34. The highest BCUT2D eigenvalue weighted by Crippen LogP contribution is 1.96. The predicted octanol–water partition coefficient (Wildman–Crippen LogP) is -1.13. The zero-order valence-corrected chi connectivity index (χ0v) is 8.79. The molecule has 4 N–H and O–H groups in total. The third-order valence-electron chi connectivity index (χ3n) is 2.35. The first-order valence-corrected chi connectivity index (χ1v) is 5.21. The van der Waals surface area contributed by atoms with E-state index in [9.17, 15) is 9.59 Å². The molecule has 0 aromatic heterocycles. The molecule has 0 atom stereocenters. The minimum absolute atomic E-state index is 0.306. The van der Waals surface area contributed by atoms with Crippen LogP contribution in [0, 0.1) is 0 Å². The van der Waals surface area contributed by atoms with Crippen LogP contribution in [0.15, 0.2) is 0 Å². The van der Waals surface area contributed by atoms with Crippen LogP contribution in [0.3, 0.4) is 0 Å². The molecule has 1 saturated heterocycles. The summed E-state index contributed by atoms with van der Waals surface area (Å²) in [5.41, 5.74) is 4.83. The van der Waals surface area contributed by atoms with Crippen molar-refractivity contribution in [3.8, 4) is 0 Å². The number of nitrogens with zero attached hydrogens (tertiary/aromatic N) is 1. The van der Waals surface area contributed by atoms with Crippen molar-refractivity contribution in [1.29, 1.82) is 0 Å². The van der Waals surface area contributed by atoms with Gasteiger partial charge in [-0.05, 0) is 19.5 Å².